The Hall–Kier alpha value is -2.70. The lowest BCUT2D eigenvalue weighted by atomic mass is 10.2. The number of hydrogen-bond acceptors (Lipinski definition) is 6. The minimum absolute atomic E-state index is 0.170. The number of anilines is 1. The maximum atomic E-state index is 11.8. The average molecular weight is 289 g/mol. The van der Waals surface area contributed by atoms with Gasteiger partial charge < -0.3 is 14.5 Å². The number of aromatic nitrogens is 2. The molecule has 0 saturated carbocycles. The lowest BCUT2D eigenvalue weighted by Gasteiger charge is -2.05. The predicted molar refractivity (Wildman–Crippen MR) is 73.8 cm³/mol. The monoisotopic (exact) mass is 289 g/mol. The van der Waals surface area contributed by atoms with E-state index < -0.39 is 5.97 Å². The molecular formula is C14H15N3O4. The van der Waals surface area contributed by atoms with E-state index in [4.69, 9.17) is 4.42 Å². The van der Waals surface area contributed by atoms with Crippen LogP contribution in [0.15, 0.2) is 28.7 Å². The van der Waals surface area contributed by atoms with Gasteiger partial charge in [0.2, 0.25) is 17.7 Å². The van der Waals surface area contributed by atoms with Gasteiger partial charge in [-0.05, 0) is 24.3 Å². The van der Waals surface area contributed by atoms with E-state index in [2.05, 4.69) is 20.3 Å². The van der Waals surface area contributed by atoms with Gasteiger partial charge in [-0.2, -0.15) is 0 Å². The van der Waals surface area contributed by atoms with Crippen LogP contribution >= 0.6 is 0 Å². The highest BCUT2D eigenvalue weighted by Gasteiger charge is 2.08. The van der Waals surface area contributed by atoms with E-state index in [1.54, 1.807) is 31.2 Å². The second-order valence-electron chi connectivity index (χ2n) is 4.33. The zero-order valence-corrected chi connectivity index (χ0v) is 11.8. The number of amides is 1. The molecule has 110 valence electrons. The number of esters is 1. The number of carbonyl (C=O) groups excluding carboxylic acids is 2. The summed E-state index contributed by atoms with van der Waals surface area (Å²) in [5, 5.41) is 10.2. The fourth-order valence-corrected chi connectivity index (χ4v) is 1.69. The molecule has 1 aromatic carbocycles. The van der Waals surface area contributed by atoms with Crippen LogP contribution in [0.5, 0.6) is 0 Å². The van der Waals surface area contributed by atoms with Gasteiger partial charge in [-0.1, -0.05) is 0 Å². The first-order valence-electron chi connectivity index (χ1n) is 6.35. The number of nitrogens with one attached hydrogen (secondary N) is 1. The molecule has 0 fully saturated rings. The van der Waals surface area contributed by atoms with E-state index in [0.29, 0.717) is 29.5 Å². The summed E-state index contributed by atoms with van der Waals surface area (Å²) in [5.41, 5.74) is 1.03. The van der Waals surface area contributed by atoms with Crippen LogP contribution in [0.25, 0.3) is 0 Å². The molecular weight excluding hydrogens is 274 g/mol. The van der Waals surface area contributed by atoms with Crippen LogP contribution in [0.2, 0.25) is 0 Å². The molecule has 1 N–H and O–H groups in total. The highest BCUT2D eigenvalue weighted by atomic mass is 16.5. The van der Waals surface area contributed by atoms with Gasteiger partial charge in [0.25, 0.3) is 0 Å². The van der Waals surface area contributed by atoms with Gasteiger partial charge in [-0.25, -0.2) is 4.79 Å². The van der Waals surface area contributed by atoms with Crippen molar-refractivity contribution >= 4 is 17.6 Å². The molecule has 7 nitrogen and oxygen atoms in total. The number of nitrogens with zero attached hydrogens (tertiary/aromatic N) is 2. The summed E-state index contributed by atoms with van der Waals surface area (Å²) in [6.07, 6.45) is 0.618. The van der Waals surface area contributed by atoms with E-state index in [9.17, 15) is 9.59 Å². The zero-order chi connectivity index (χ0) is 15.2. The molecule has 0 spiro atoms. The fourth-order valence-electron chi connectivity index (χ4n) is 1.69. The van der Waals surface area contributed by atoms with Crippen molar-refractivity contribution in [1.29, 1.82) is 0 Å². The van der Waals surface area contributed by atoms with Gasteiger partial charge in [0, 0.05) is 25.5 Å². The van der Waals surface area contributed by atoms with Crippen molar-refractivity contribution in [3.05, 3.63) is 41.6 Å². The van der Waals surface area contributed by atoms with Crippen molar-refractivity contribution in [2.24, 2.45) is 0 Å². The molecule has 0 aliphatic heterocycles. The lowest BCUT2D eigenvalue weighted by molar-refractivity contribution is -0.116. The van der Waals surface area contributed by atoms with Crippen LogP contribution in [-0.2, 0) is 16.0 Å². The average Bonchev–Trinajstić information content (AvgIpc) is 2.91. The Morgan fingerprint density at radius 2 is 1.95 bits per heavy atom. The van der Waals surface area contributed by atoms with Crippen LogP contribution in [0, 0.1) is 6.92 Å². The summed E-state index contributed by atoms with van der Waals surface area (Å²) in [4.78, 5) is 23.1. The Morgan fingerprint density at radius 1 is 1.24 bits per heavy atom. The van der Waals surface area contributed by atoms with Crippen molar-refractivity contribution in [2.45, 2.75) is 19.8 Å². The second-order valence-corrected chi connectivity index (χ2v) is 4.33. The van der Waals surface area contributed by atoms with Crippen LogP contribution < -0.4 is 5.32 Å². The first-order chi connectivity index (χ1) is 10.1. The Labute approximate surface area is 121 Å². The summed E-state index contributed by atoms with van der Waals surface area (Å²) in [6, 6.07) is 6.45. The Bertz CT molecular complexity index is 634. The third-order valence-corrected chi connectivity index (χ3v) is 2.72. The third kappa shape index (κ3) is 4.13. The Morgan fingerprint density at radius 3 is 2.52 bits per heavy atom. The number of aryl methyl sites for hydroxylation is 2. The molecule has 7 heteroatoms. The van der Waals surface area contributed by atoms with E-state index >= 15 is 0 Å². The maximum absolute atomic E-state index is 11.8. The van der Waals surface area contributed by atoms with Crippen molar-refractivity contribution in [3.63, 3.8) is 0 Å². The SMILES string of the molecule is COC(=O)c1ccc(NC(=O)CCc2nnc(C)o2)cc1. The van der Waals surface area contributed by atoms with Crippen molar-refractivity contribution in [1.82, 2.24) is 10.2 Å². The van der Waals surface area contributed by atoms with Gasteiger partial charge in [0.15, 0.2) is 0 Å². The van der Waals surface area contributed by atoms with Gasteiger partial charge in [-0.15, -0.1) is 10.2 Å². The van der Waals surface area contributed by atoms with Gasteiger partial charge in [-0.3, -0.25) is 4.79 Å². The number of ether oxygens (including phenoxy) is 1. The molecule has 0 radical (unpaired) electrons. The van der Waals surface area contributed by atoms with E-state index in [1.165, 1.54) is 7.11 Å². The number of rotatable bonds is 5. The second kappa shape index (κ2) is 6.65. The van der Waals surface area contributed by atoms with Crippen LogP contribution in [0.3, 0.4) is 0 Å². The van der Waals surface area contributed by atoms with Crippen molar-refractivity contribution in [3.8, 4) is 0 Å². The summed E-state index contributed by atoms with van der Waals surface area (Å²) >= 11 is 0. The van der Waals surface area contributed by atoms with E-state index in [-0.39, 0.29) is 12.3 Å². The topological polar surface area (TPSA) is 94.3 Å². The molecule has 1 heterocycles. The summed E-state index contributed by atoms with van der Waals surface area (Å²) < 4.78 is 9.78. The van der Waals surface area contributed by atoms with E-state index in [0.717, 1.165) is 0 Å². The molecule has 0 atom stereocenters. The summed E-state index contributed by atoms with van der Waals surface area (Å²) in [6.45, 7) is 1.69. The van der Waals surface area contributed by atoms with Crippen molar-refractivity contribution in [2.75, 3.05) is 12.4 Å². The van der Waals surface area contributed by atoms with E-state index in [1.807, 2.05) is 0 Å². The highest BCUT2D eigenvalue weighted by Crippen LogP contribution is 2.11. The number of hydrogen-bond donors (Lipinski definition) is 1. The first kappa shape index (κ1) is 14.7. The Kier molecular flexibility index (Phi) is 4.65. The van der Waals surface area contributed by atoms with Crippen LogP contribution in [0.4, 0.5) is 5.69 Å². The number of benzene rings is 1. The molecule has 0 saturated heterocycles. The molecule has 0 unspecified atom stereocenters. The molecule has 1 aromatic heterocycles. The van der Waals surface area contributed by atoms with Gasteiger partial charge in [0.1, 0.15) is 0 Å². The van der Waals surface area contributed by atoms with Crippen molar-refractivity contribution < 1.29 is 18.7 Å². The van der Waals surface area contributed by atoms with Crippen LogP contribution in [0.1, 0.15) is 28.6 Å². The third-order valence-electron chi connectivity index (χ3n) is 2.72. The zero-order valence-electron chi connectivity index (χ0n) is 11.8. The number of methoxy groups -OCH3 is 1. The minimum atomic E-state index is -0.417. The fraction of sp³-hybridized carbons (Fsp3) is 0.286. The standard InChI is InChI=1S/C14H15N3O4/c1-9-16-17-13(21-9)8-7-12(18)15-11-5-3-10(4-6-11)14(19)20-2/h3-6H,7-8H2,1-2H3,(H,15,18). The summed E-state index contributed by atoms with van der Waals surface area (Å²) in [7, 11) is 1.32. The maximum Gasteiger partial charge on any atom is 0.337 e. The molecule has 1 amide bonds. The van der Waals surface area contributed by atoms with Gasteiger partial charge in [0.05, 0.1) is 12.7 Å². The molecule has 0 aliphatic rings. The number of carbonyl (C=O) groups is 2. The molecule has 2 aromatic rings. The smallest absolute Gasteiger partial charge is 0.337 e. The molecule has 0 bridgehead atoms. The van der Waals surface area contributed by atoms with Crippen LogP contribution in [-0.4, -0.2) is 29.2 Å². The minimum Gasteiger partial charge on any atom is -0.465 e. The normalized spacial score (nSPS) is 10.2. The summed E-state index contributed by atoms with van der Waals surface area (Å²) in [5.74, 6) is 0.323. The van der Waals surface area contributed by atoms with Gasteiger partial charge >= 0.3 is 5.97 Å². The first-order valence-corrected chi connectivity index (χ1v) is 6.35. The predicted octanol–water partition coefficient (Wildman–Crippen LogP) is 1.74. The lowest BCUT2D eigenvalue weighted by Crippen LogP contribution is -2.12. The molecule has 0 aliphatic carbocycles. The highest BCUT2D eigenvalue weighted by molar-refractivity contribution is 5.93. The molecule has 2 rings (SSSR count). The largest absolute Gasteiger partial charge is 0.465 e. The Balaban J connectivity index is 1.86. The quantitative estimate of drug-likeness (QED) is 0.842. The molecule has 21 heavy (non-hydrogen) atoms.